The first-order valence-electron chi connectivity index (χ1n) is 7.94. The van der Waals surface area contributed by atoms with Gasteiger partial charge in [0.25, 0.3) is 5.91 Å². The summed E-state index contributed by atoms with van der Waals surface area (Å²) in [5.74, 6) is 1.63. The van der Waals surface area contributed by atoms with Crippen molar-refractivity contribution in [1.29, 1.82) is 0 Å². The Balaban J connectivity index is 2.28. The molecule has 6 nitrogen and oxygen atoms in total. The summed E-state index contributed by atoms with van der Waals surface area (Å²) in [5, 5.41) is 0. The number of anilines is 2. The van der Waals surface area contributed by atoms with Gasteiger partial charge in [0.2, 0.25) is 0 Å². The van der Waals surface area contributed by atoms with Gasteiger partial charge in [-0.15, -0.1) is 0 Å². The first kappa shape index (κ1) is 16.5. The van der Waals surface area contributed by atoms with E-state index in [0.717, 1.165) is 19.6 Å². The molecule has 1 aromatic heterocycles. The molecule has 0 fully saturated rings. The standard InChI is InChI=1S/C16H26N4O2/c1-5-19(6-2)9-10-20-15-12(7-8-13(17)18-15)22-14(11(3)4)16(20)21/h7-8,11,14H,5-6,9-10H2,1-4H3,(H2,17,18). The number of rotatable bonds is 6. The molecule has 2 rings (SSSR count). The third-order valence-corrected chi connectivity index (χ3v) is 4.02. The second-order valence-electron chi connectivity index (χ2n) is 5.86. The molecule has 1 aromatic rings. The molecule has 1 amide bonds. The molecule has 2 N–H and O–H groups in total. The minimum absolute atomic E-state index is 0.0345. The smallest absolute Gasteiger partial charge is 0.269 e. The van der Waals surface area contributed by atoms with Crippen LogP contribution >= 0.6 is 0 Å². The highest BCUT2D eigenvalue weighted by molar-refractivity contribution is 5.99. The van der Waals surface area contributed by atoms with Gasteiger partial charge in [0.15, 0.2) is 17.7 Å². The molecule has 0 radical (unpaired) electrons. The Morgan fingerprint density at radius 3 is 2.64 bits per heavy atom. The van der Waals surface area contributed by atoms with Crippen molar-refractivity contribution in [2.24, 2.45) is 5.92 Å². The van der Waals surface area contributed by atoms with E-state index in [1.165, 1.54) is 0 Å². The Hall–Kier alpha value is -1.82. The number of nitrogen functional groups attached to an aromatic ring is 1. The van der Waals surface area contributed by atoms with E-state index < -0.39 is 6.10 Å². The fourth-order valence-corrected chi connectivity index (χ4v) is 2.60. The van der Waals surface area contributed by atoms with Gasteiger partial charge in [-0.25, -0.2) is 4.98 Å². The number of likely N-dealkylation sites (N-methyl/N-ethyl adjacent to an activating group) is 1. The molecule has 22 heavy (non-hydrogen) atoms. The number of carbonyl (C=O) groups is 1. The SMILES string of the molecule is CCN(CC)CCN1C(=O)C(C(C)C)Oc2ccc(N)nc21. The Morgan fingerprint density at radius 1 is 1.36 bits per heavy atom. The minimum atomic E-state index is -0.463. The van der Waals surface area contributed by atoms with Crippen molar-refractivity contribution >= 4 is 17.5 Å². The number of nitrogens with zero attached hydrogens (tertiary/aromatic N) is 3. The quantitative estimate of drug-likeness (QED) is 0.867. The molecule has 6 heteroatoms. The summed E-state index contributed by atoms with van der Waals surface area (Å²) in [6.07, 6.45) is -0.463. The number of carbonyl (C=O) groups excluding carboxylic acids is 1. The Bertz CT molecular complexity index is 529. The van der Waals surface area contributed by atoms with Gasteiger partial charge in [-0.1, -0.05) is 27.7 Å². The molecule has 122 valence electrons. The number of fused-ring (bicyclic) bond motifs is 1. The van der Waals surface area contributed by atoms with Crippen LogP contribution < -0.4 is 15.4 Å². The summed E-state index contributed by atoms with van der Waals surface area (Å²) in [6.45, 7) is 11.5. The van der Waals surface area contributed by atoms with Crippen molar-refractivity contribution in [3.05, 3.63) is 12.1 Å². The van der Waals surface area contributed by atoms with Crippen LogP contribution in [0.2, 0.25) is 0 Å². The molecule has 1 unspecified atom stereocenters. The highest BCUT2D eigenvalue weighted by atomic mass is 16.5. The average molecular weight is 306 g/mol. The fraction of sp³-hybridized carbons (Fsp3) is 0.625. The molecule has 2 heterocycles. The van der Waals surface area contributed by atoms with Crippen molar-refractivity contribution < 1.29 is 9.53 Å². The second-order valence-corrected chi connectivity index (χ2v) is 5.86. The van der Waals surface area contributed by atoms with E-state index in [-0.39, 0.29) is 11.8 Å². The van der Waals surface area contributed by atoms with E-state index in [4.69, 9.17) is 10.5 Å². The first-order valence-corrected chi connectivity index (χ1v) is 7.94. The summed E-state index contributed by atoms with van der Waals surface area (Å²) >= 11 is 0. The lowest BCUT2D eigenvalue weighted by Crippen LogP contribution is -2.51. The molecule has 0 saturated heterocycles. The van der Waals surface area contributed by atoms with Crippen LogP contribution in [-0.2, 0) is 4.79 Å². The average Bonchev–Trinajstić information content (AvgIpc) is 2.49. The number of hydrogen-bond acceptors (Lipinski definition) is 5. The van der Waals surface area contributed by atoms with Crippen LogP contribution in [0, 0.1) is 5.92 Å². The van der Waals surface area contributed by atoms with Crippen molar-refractivity contribution in [2.45, 2.75) is 33.8 Å². The van der Waals surface area contributed by atoms with E-state index in [1.54, 1.807) is 17.0 Å². The molecule has 0 saturated carbocycles. The van der Waals surface area contributed by atoms with Crippen LogP contribution in [0.1, 0.15) is 27.7 Å². The normalized spacial score (nSPS) is 17.8. The summed E-state index contributed by atoms with van der Waals surface area (Å²) in [5.41, 5.74) is 5.78. The van der Waals surface area contributed by atoms with Crippen molar-refractivity contribution in [2.75, 3.05) is 36.8 Å². The zero-order chi connectivity index (χ0) is 16.3. The fourth-order valence-electron chi connectivity index (χ4n) is 2.60. The van der Waals surface area contributed by atoms with Gasteiger partial charge in [-0.3, -0.25) is 9.69 Å². The number of nitrogens with two attached hydrogens (primary N) is 1. The molecular formula is C16H26N4O2. The van der Waals surface area contributed by atoms with Crippen molar-refractivity contribution in [3.8, 4) is 5.75 Å². The van der Waals surface area contributed by atoms with Gasteiger partial charge in [-0.2, -0.15) is 0 Å². The first-order chi connectivity index (χ1) is 10.5. The van der Waals surface area contributed by atoms with Gasteiger partial charge in [-0.05, 0) is 31.1 Å². The highest BCUT2D eigenvalue weighted by Gasteiger charge is 2.37. The minimum Gasteiger partial charge on any atom is -0.476 e. The largest absolute Gasteiger partial charge is 0.476 e. The third kappa shape index (κ3) is 3.32. The molecule has 0 bridgehead atoms. The van der Waals surface area contributed by atoms with Crippen LogP contribution in [0.15, 0.2) is 12.1 Å². The van der Waals surface area contributed by atoms with Gasteiger partial charge in [0.05, 0.1) is 0 Å². The maximum atomic E-state index is 12.7. The van der Waals surface area contributed by atoms with E-state index >= 15 is 0 Å². The van der Waals surface area contributed by atoms with E-state index in [0.29, 0.717) is 23.9 Å². The molecule has 0 aliphatic carbocycles. The summed E-state index contributed by atoms with van der Waals surface area (Å²) in [6, 6.07) is 3.50. The predicted molar refractivity (Wildman–Crippen MR) is 88.0 cm³/mol. The number of pyridine rings is 1. The lowest BCUT2D eigenvalue weighted by atomic mass is 10.0. The third-order valence-electron chi connectivity index (χ3n) is 4.02. The van der Waals surface area contributed by atoms with Crippen LogP contribution in [0.5, 0.6) is 5.75 Å². The van der Waals surface area contributed by atoms with Gasteiger partial charge in [0, 0.05) is 13.1 Å². The Labute approximate surface area is 132 Å². The number of ether oxygens (including phenoxy) is 1. The summed E-state index contributed by atoms with van der Waals surface area (Å²) in [7, 11) is 0. The predicted octanol–water partition coefficient (Wildman–Crippen LogP) is 1.76. The van der Waals surface area contributed by atoms with Crippen LogP contribution in [0.25, 0.3) is 0 Å². The van der Waals surface area contributed by atoms with E-state index in [1.807, 2.05) is 13.8 Å². The lowest BCUT2D eigenvalue weighted by molar-refractivity contribution is -0.128. The maximum absolute atomic E-state index is 12.7. The second kappa shape index (κ2) is 6.96. The van der Waals surface area contributed by atoms with E-state index in [2.05, 4.69) is 23.7 Å². The molecule has 0 aromatic carbocycles. The van der Waals surface area contributed by atoms with Crippen LogP contribution in [-0.4, -0.2) is 48.1 Å². The Kier molecular flexibility index (Phi) is 5.24. The summed E-state index contributed by atoms with van der Waals surface area (Å²) < 4.78 is 5.83. The Morgan fingerprint density at radius 2 is 2.05 bits per heavy atom. The number of aromatic nitrogens is 1. The number of hydrogen-bond donors (Lipinski definition) is 1. The zero-order valence-electron chi connectivity index (χ0n) is 13.9. The molecule has 1 atom stereocenters. The highest BCUT2D eigenvalue weighted by Crippen LogP contribution is 2.34. The molecule has 1 aliphatic rings. The monoisotopic (exact) mass is 306 g/mol. The lowest BCUT2D eigenvalue weighted by Gasteiger charge is -2.36. The van der Waals surface area contributed by atoms with Crippen LogP contribution in [0.3, 0.4) is 0 Å². The topological polar surface area (TPSA) is 71.7 Å². The number of amides is 1. The van der Waals surface area contributed by atoms with Crippen LogP contribution in [0.4, 0.5) is 11.6 Å². The van der Waals surface area contributed by atoms with Gasteiger partial charge >= 0.3 is 0 Å². The zero-order valence-corrected chi connectivity index (χ0v) is 13.9. The molecule has 0 spiro atoms. The maximum Gasteiger partial charge on any atom is 0.269 e. The van der Waals surface area contributed by atoms with Gasteiger partial charge in [0.1, 0.15) is 5.82 Å². The molecule has 1 aliphatic heterocycles. The van der Waals surface area contributed by atoms with Crippen molar-refractivity contribution in [1.82, 2.24) is 9.88 Å². The van der Waals surface area contributed by atoms with Crippen molar-refractivity contribution in [3.63, 3.8) is 0 Å². The van der Waals surface area contributed by atoms with E-state index in [9.17, 15) is 4.79 Å². The molecular weight excluding hydrogens is 280 g/mol. The van der Waals surface area contributed by atoms with Gasteiger partial charge < -0.3 is 15.4 Å². The summed E-state index contributed by atoms with van der Waals surface area (Å²) in [4.78, 5) is 21.0.